The van der Waals surface area contributed by atoms with Crippen LogP contribution in [0.3, 0.4) is 0 Å². The molecule has 0 aromatic heterocycles. The van der Waals surface area contributed by atoms with Gasteiger partial charge in [-0.2, -0.15) is 0 Å². The van der Waals surface area contributed by atoms with Gasteiger partial charge in [0.1, 0.15) is 0 Å². The highest BCUT2D eigenvalue weighted by molar-refractivity contribution is 4.90. The number of aliphatic hydroxyl groups excluding tert-OH is 1. The summed E-state index contributed by atoms with van der Waals surface area (Å²) in [5.74, 6) is 0.629. The molecule has 2 atom stereocenters. The maximum absolute atomic E-state index is 9.95. The van der Waals surface area contributed by atoms with Crippen LogP contribution >= 0.6 is 0 Å². The predicted molar refractivity (Wildman–Crippen MR) is 59.2 cm³/mol. The molecule has 1 heteroatoms. The molecular weight excluding hydrogens is 172 g/mol. The Balaban J connectivity index is 1.88. The summed E-state index contributed by atoms with van der Waals surface area (Å²) in [6.45, 7) is 2.33. The third-order valence-electron chi connectivity index (χ3n) is 4.73. The van der Waals surface area contributed by atoms with Gasteiger partial charge < -0.3 is 5.11 Å². The van der Waals surface area contributed by atoms with E-state index in [1.54, 1.807) is 0 Å². The molecule has 1 nitrogen and oxygen atoms in total. The van der Waals surface area contributed by atoms with Crippen molar-refractivity contribution in [3.05, 3.63) is 0 Å². The second kappa shape index (κ2) is 4.22. The largest absolute Gasteiger partial charge is 0.393 e. The van der Waals surface area contributed by atoms with Crippen LogP contribution in [0.15, 0.2) is 0 Å². The molecule has 0 radical (unpaired) electrons. The molecule has 0 saturated heterocycles. The lowest BCUT2D eigenvalue weighted by atomic mass is 9.61. The Labute approximate surface area is 87.9 Å². The zero-order valence-electron chi connectivity index (χ0n) is 9.47. The Hall–Kier alpha value is -0.0400. The van der Waals surface area contributed by atoms with Crippen LogP contribution in [0.1, 0.15) is 64.7 Å². The number of aliphatic hydroxyl groups is 1. The lowest BCUT2D eigenvalue weighted by Crippen LogP contribution is -2.36. The van der Waals surface area contributed by atoms with Crippen LogP contribution in [0.5, 0.6) is 0 Å². The molecule has 1 N–H and O–H groups in total. The van der Waals surface area contributed by atoms with E-state index in [1.165, 1.54) is 51.4 Å². The van der Waals surface area contributed by atoms with Gasteiger partial charge in [0.15, 0.2) is 0 Å². The van der Waals surface area contributed by atoms with Crippen molar-refractivity contribution in [3.8, 4) is 0 Å². The fourth-order valence-corrected chi connectivity index (χ4v) is 3.36. The molecule has 2 fully saturated rings. The van der Waals surface area contributed by atoms with Gasteiger partial charge in [-0.1, -0.05) is 32.6 Å². The third-order valence-corrected chi connectivity index (χ3v) is 4.73. The van der Waals surface area contributed by atoms with Gasteiger partial charge in [0, 0.05) is 0 Å². The molecule has 2 saturated carbocycles. The van der Waals surface area contributed by atoms with Crippen LogP contribution in [-0.4, -0.2) is 11.2 Å². The first-order chi connectivity index (χ1) is 6.76. The van der Waals surface area contributed by atoms with Crippen LogP contribution in [0, 0.1) is 11.3 Å². The minimum absolute atomic E-state index is 0.0211. The zero-order chi connectivity index (χ0) is 10.0. The first kappa shape index (κ1) is 10.5. The fraction of sp³-hybridized carbons (Fsp3) is 1.00. The lowest BCUT2D eigenvalue weighted by Gasteiger charge is -2.45. The van der Waals surface area contributed by atoms with Crippen LogP contribution < -0.4 is 0 Å². The summed E-state index contributed by atoms with van der Waals surface area (Å²) in [6.07, 6.45) is 11.9. The van der Waals surface area contributed by atoms with Crippen LogP contribution in [0.4, 0.5) is 0 Å². The SMILES string of the molecule is CCC1(CC2CCCCC2O)CCC1. The number of hydrogen-bond donors (Lipinski definition) is 1. The monoisotopic (exact) mass is 196 g/mol. The Kier molecular flexibility index (Phi) is 3.16. The molecule has 0 amide bonds. The fourth-order valence-electron chi connectivity index (χ4n) is 3.36. The minimum Gasteiger partial charge on any atom is -0.393 e. The molecule has 0 spiro atoms. The lowest BCUT2D eigenvalue weighted by molar-refractivity contribution is 0.00720. The smallest absolute Gasteiger partial charge is 0.0568 e. The van der Waals surface area contributed by atoms with Crippen molar-refractivity contribution in [2.75, 3.05) is 0 Å². The molecule has 14 heavy (non-hydrogen) atoms. The first-order valence-electron chi connectivity index (χ1n) is 6.44. The van der Waals surface area contributed by atoms with E-state index in [4.69, 9.17) is 0 Å². The van der Waals surface area contributed by atoms with E-state index in [0.29, 0.717) is 11.3 Å². The Morgan fingerprint density at radius 3 is 2.36 bits per heavy atom. The van der Waals surface area contributed by atoms with Crippen molar-refractivity contribution < 1.29 is 5.11 Å². The van der Waals surface area contributed by atoms with Crippen molar-refractivity contribution in [1.82, 2.24) is 0 Å². The normalized spacial score (nSPS) is 36.4. The van der Waals surface area contributed by atoms with Crippen molar-refractivity contribution in [2.24, 2.45) is 11.3 Å². The van der Waals surface area contributed by atoms with Crippen molar-refractivity contribution in [2.45, 2.75) is 70.8 Å². The summed E-state index contributed by atoms with van der Waals surface area (Å²) in [5.41, 5.74) is 0.642. The van der Waals surface area contributed by atoms with Gasteiger partial charge in [0.05, 0.1) is 6.10 Å². The topological polar surface area (TPSA) is 20.2 Å². The highest BCUT2D eigenvalue weighted by atomic mass is 16.3. The Morgan fingerprint density at radius 2 is 1.86 bits per heavy atom. The predicted octanol–water partition coefficient (Wildman–Crippen LogP) is 3.51. The van der Waals surface area contributed by atoms with Crippen molar-refractivity contribution in [1.29, 1.82) is 0 Å². The average Bonchev–Trinajstić information content (AvgIpc) is 2.14. The van der Waals surface area contributed by atoms with Gasteiger partial charge in [-0.05, 0) is 43.4 Å². The minimum atomic E-state index is 0.0211. The van der Waals surface area contributed by atoms with E-state index in [9.17, 15) is 5.11 Å². The molecule has 2 aliphatic carbocycles. The molecule has 0 aromatic rings. The molecule has 82 valence electrons. The Bertz CT molecular complexity index is 178. The van der Waals surface area contributed by atoms with Crippen molar-refractivity contribution in [3.63, 3.8) is 0 Å². The van der Waals surface area contributed by atoms with E-state index in [0.717, 1.165) is 6.42 Å². The van der Waals surface area contributed by atoms with Crippen molar-refractivity contribution >= 4 is 0 Å². The summed E-state index contributed by atoms with van der Waals surface area (Å²) in [7, 11) is 0. The Morgan fingerprint density at radius 1 is 1.14 bits per heavy atom. The van der Waals surface area contributed by atoms with E-state index < -0.39 is 0 Å². The quantitative estimate of drug-likeness (QED) is 0.732. The standard InChI is InChI=1S/C13H24O/c1-2-13(8-5-9-13)10-11-6-3-4-7-12(11)14/h11-12,14H,2-10H2,1H3. The van der Waals surface area contributed by atoms with Gasteiger partial charge in [0.25, 0.3) is 0 Å². The maximum Gasteiger partial charge on any atom is 0.0568 e. The molecule has 2 rings (SSSR count). The van der Waals surface area contributed by atoms with Gasteiger partial charge in [-0.3, -0.25) is 0 Å². The summed E-state index contributed by atoms with van der Waals surface area (Å²) in [4.78, 5) is 0. The van der Waals surface area contributed by atoms with E-state index in [-0.39, 0.29) is 6.10 Å². The second-order valence-corrected chi connectivity index (χ2v) is 5.52. The molecule has 0 bridgehead atoms. The van der Waals surface area contributed by atoms with Gasteiger partial charge in [-0.25, -0.2) is 0 Å². The van der Waals surface area contributed by atoms with E-state index in [2.05, 4.69) is 6.92 Å². The van der Waals surface area contributed by atoms with Gasteiger partial charge >= 0.3 is 0 Å². The van der Waals surface area contributed by atoms with E-state index in [1.807, 2.05) is 0 Å². The second-order valence-electron chi connectivity index (χ2n) is 5.52. The van der Waals surface area contributed by atoms with Crippen LogP contribution in [0.2, 0.25) is 0 Å². The summed E-state index contributed by atoms with van der Waals surface area (Å²) >= 11 is 0. The highest BCUT2D eigenvalue weighted by Crippen LogP contribution is 2.50. The van der Waals surface area contributed by atoms with Gasteiger partial charge in [-0.15, -0.1) is 0 Å². The molecule has 0 heterocycles. The highest BCUT2D eigenvalue weighted by Gasteiger charge is 2.39. The number of hydrogen-bond acceptors (Lipinski definition) is 1. The van der Waals surface area contributed by atoms with Crippen LogP contribution in [-0.2, 0) is 0 Å². The third kappa shape index (κ3) is 1.98. The first-order valence-corrected chi connectivity index (χ1v) is 6.44. The molecule has 2 unspecified atom stereocenters. The summed E-state index contributed by atoms with van der Waals surface area (Å²) in [5, 5.41) is 9.95. The zero-order valence-corrected chi connectivity index (χ0v) is 9.47. The molecular formula is C13H24O. The average molecular weight is 196 g/mol. The summed E-state index contributed by atoms with van der Waals surface area (Å²) in [6, 6.07) is 0. The molecule has 2 aliphatic rings. The van der Waals surface area contributed by atoms with E-state index >= 15 is 0 Å². The maximum atomic E-state index is 9.95. The number of rotatable bonds is 3. The molecule has 0 aliphatic heterocycles. The molecule has 0 aromatic carbocycles. The van der Waals surface area contributed by atoms with Gasteiger partial charge in [0.2, 0.25) is 0 Å². The van der Waals surface area contributed by atoms with Crippen LogP contribution in [0.25, 0.3) is 0 Å². The summed E-state index contributed by atoms with van der Waals surface area (Å²) < 4.78 is 0.